The average Bonchev–Trinajstić information content (AvgIpc) is 2.43. The van der Waals surface area contributed by atoms with Crippen molar-refractivity contribution >= 4 is 29.1 Å². The predicted octanol–water partition coefficient (Wildman–Crippen LogP) is 3.07. The molecule has 0 rings (SSSR count). The average molecular weight is 409 g/mol. The van der Waals surface area contributed by atoms with Crippen molar-refractivity contribution in [1.82, 2.24) is 10.6 Å². The molecule has 0 aromatic carbocycles. The Morgan fingerprint density at radius 2 is 1.26 bits per heavy atom. The van der Waals surface area contributed by atoms with Gasteiger partial charge in [0.25, 0.3) is 0 Å². The molecule has 0 aliphatic heterocycles. The molecule has 0 unspecified atom stereocenters. The molecule has 27 heavy (non-hydrogen) atoms. The third kappa shape index (κ3) is 26.9. The third-order valence-corrected chi connectivity index (χ3v) is 3.20. The van der Waals surface area contributed by atoms with Crippen molar-refractivity contribution in [2.75, 3.05) is 25.4 Å². The molecule has 0 spiro atoms. The Hall–Kier alpha value is -1.48. The van der Waals surface area contributed by atoms with Gasteiger partial charge in [0.15, 0.2) is 5.12 Å². The van der Waals surface area contributed by atoms with E-state index < -0.39 is 23.4 Å². The summed E-state index contributed by atoms with van der Waals surface area (Å²) in [7, 11) is 0. The normalized spacial score (nSPS) is 11.0. The van der Waals surface area contributed by atoms with Gasteiger partial charge in [0.1, 0.15) is 11.2 Å². The zero-order valence-electron chi connectivity index (χ0n) is 17.6. The van der Waals surface area contributed by atoms with Crippen LogP contribution in [0.4, 0.5) is 9.59 Å². The summed E-state index contributed by atoms with van der Waals surface area (Å²) in [5.74, 6) is 0.727. The molecule has 2 amide bonds. The first-order chi connectivity index (χ1) is 12.3. The first-order valence-corrected chi connectivity index (χ1v) is 9.93. The number of alkyl carbamates (subject to hydrolysis) is 2. The van der Waals surface area contributed by atoms with Crippen LogP contribution in [-0.2, 0) is 14.3 Å². The van der Waals surface area contributed by atoms with Gasteiger partial charge in [0.05, 0.1) is 0 Å². The van der Waals surface area contributed by atoms with Crippen molar-refractivity contribution in [3.63, 3.8) is 0 Å². The maximum absolute atomic E-state index is 11.1. The van der Waals surface area contributed by atoms with Crippen LogP contribution >= 0.6 is 11.8 Å². The van der Waals surface area contributed by atoms with Crippen LogP contribution in [0.5, 0.6) is 0 Å². The number of amides is 2. The SMILES string of the molecule is CC(=O)SCCCNC(=O)OC(C)(C)C.CC(C)(C)OC(=O)NCCCO. The Kier molecular flexibility index (Phi) is 15.0. The van der Waals surface area contributed by atoms with Crippen LogP contribution in [0.25, 0.3) is 0 Å². The lowest BCUT2D eigenvalue weighted by Crippen LogP contribution is -2.33. The molecule has 0 aromatic rings. The fraction of sp³-hybridized carbons (Fsp3) is 0.833. The van der Waals surface area contributed by atoms with Crippen LogP contribution in [0.2, 0.25) is 0 Å². The maximum Gasteiger partial charge on any atom is 0.407 e. The highest BCUT2D eigenvalue weighted by molar-refractivity contribution is 8.13. The van der Waals surface area contributed by atoms with Crippen LogP contribution in [0.1, 0.15) is 61.3 Å². The second kappa shape index (κ2) is 14.6. The molecular formula is C18H36N2O6S. The minimum Gasteiger partial charge on any atom is -0.444 e. The van der Waals surface area contributed by atoms with E-state index in [1.807, 2.05) is 20.8 Å². The van der Waals surface area contributed by atoms with Crippen LogP contribution in [0, 0.1) is 0 Å². The van der Waals surface area contributed by atoms with Crippen molar-refractivity contribution in [1.29, 1.82) is 0 Å². The highest BCUT2D eigenvalue weighted by Gasteiger charge is 2.15. The molecule has 0 saturated heterocycles. The topological polar surface area (TPSA) is 114 Å². The van der Waals surface area contributed by atoms with Gasteiger partial charge in [0, 0.05) is 32.4 Å². The summed E-state index contributed by atoms with van der Waals surface area (Å²) in [6, 6.07) is 0. The molecule has 3 N–H and O–H groups in total. The van der Waals surface area contributed by atoms with Gasteiger partial charge >= 0.3 is 12.2 Å². The summed E-state index contributed by atoms with van der Waals surface area (Å²) in [5.41, 5.74) is -0.915. The lowest BCUT2D eigenvalue weighted by Gasteiger charge is -2.19. The summed E-state index contributed by atoms with van der Waals surface area (Å²) in [6.45, 7) is 13.5. The van der Waals surface area contributed by atoms with Gasteiger partial charge in [-0.2, -0.15) is 0 Å². The number of aliphatic hydroxyl groups is 1. The van der Waals surface area contributed by atoms with Crippen molar-refractivity contribution in [2.24, 2.45) is 0 Å². The molecule has 0 aliphatic rings. The molecule has 9 heteroatoms. The van der Waals surface area contributed by atoms with Gasteiger partial charge in [-0.25, -0.2) is 9.59 Å². The molecule has 0 atom stereocenters. The van der Waals surface area contributed by atoms with Crippen LogP contribution in [-0.4, -0.2) is 59.1 Å². The van der Waals surface area contributed by atoms with Gasteiger partial charge < -0.3 is 25.2 Å². The summed E-state index contributed by atoms with van der Waals surface area (Å²) < 4.78 is 9.99. The summed E-state index contributed by atoms with van der Waals surface area (Å²) in [4.78, 5) is 32.6. The van der Waals surface area contributed by atoms with E-state index in [0.717, 1.165) is 12.2 Å². The first kappa shape index (κ1) is 27.7. The molecule has 0 radical (unpaired) electrons. The van der Waals surface area contributed by atoms with E-state index in [0.29, 0.717) is 19.5 Å². The van der Waals surface area contributed by atoms with Gasteiger partial charge in [-0.1, -0.05) is 11.8 Å². The Balaban J connectivity index is 0. The number of hydrogen-bond donors (Lipinski definition) is 3. The molecule has 0 saturated carbocycles. The predicted molar refractivity (Wildman–Crippen MR) is 108 cm³/mol. The van der Waals surface area contributed by atoms with E-state index >= 15 is 0 Å². The van der Waals surface area contributed by atoms with Crippen LogP contribution in [0.3, 0.4) is 0 Å². The number of nitrogens with one attached hydrogen (secondary N) is 2. The number of rotatable bonds is 7. The fourth-order valence-corrected chi connectivity index (χ4v) is 1.95. The highest BCUT2D eigenvalue weighted by Crippen LogP contribution is 2.07. The molecule has 160 valence electrons. The smallest absolute Gasteiger partial charge is 0.407 e. The maximum atomic E-state index is 11.1. The summed E-state index contributed by atoms with van der Waals surface area (Å²) in [6.07, 6.45) is 0.481. The van der Waals surface area contributed by atoms with E-state index in [-0.39, 0.29) is 11.7 Å². The largest absolute Gasteiger partial charge is 0.444 e. The number of ether oxygens (including phenoxy) is 2. The molecule has 0 heterocycles. The fourth-order valence-electron chi connectivity index (χ4n) is 1.38. The Morgan fingerprint density at radius 3 is 1.59 bits per heavy atom. The molecular weight excluding hydrogens is 372 g/mol. The van der Waals surface area contributed by atoms with Crippen LogP contribution < -0.4 is 10.6 Å². The second-order valence-electron chi connectivity index (χ2n) is 7.63. The minimum absolute atomic E-state index is 0.0792. The number of carbonyl (C=O) groups is 3. The lowest BCUT2D eigenvalue weighted by molar-refractivity contribution is -0.109. The first-order valence-electron chi connectivity index (χ1n) is 8.95. The Labute approximate surface area is 167 Å². The van der Waals surface area contributed by atoms with E-state index in [1.165, 1.54) is 18.7 Å². The van der Waals surface area contributed by atoms with E-state index in [4.69, 9.17) is 14.6 Å². The van der Waals surface area contributed by atoms with Gasteiger partial charge in [0.2, 0.25) is 0 Å². The van der Waals surface area contributed by atoms with Crippen molar-refractivity contribution < 1.29 is 29.0 Å². The molecule has 0 bridgehead atoms. The van der Waals surface area contributed by atoms with E-state index in [9.17, 15) is 14.4 Å². The zero-order chi connectivity index (χ0) is 21.5. The zero-order valence-corrected chi connectivity index (χ0v) is 18.5. The molecule has 0 fully saturated rings. The van der Waals surface area contributed by atoms with Gasteiger partial charge in [-0.15, -0.1) is 0 Å². The van der Waals surface area contributed by atoms with Crippen LogP contribution in [0.15, 0.2) is 0 Å². The summed E-state index contributed by atoms with van der Waals surface area (Å²) in [5, 5.41) is 13.7. The molecule has 0 aliphatic carbocycles. The van der Waals surface area contributed by atoms with Crippen molar-refractivity contribution in [3.8, 4) is 0 Å². The van der Waals surface area contributed by atoms with E-state index in [1.54, 1.807) is 20.8 Å². The minimum atomic E-state index is -0.460. The van der Waals surface area contributed by atoms with Crippen molar-refractivity contribution in [3.05, 3.63) is 0 Å². The standard InChI is InChI=1S/C10H19NO3S.C8H17NO3/c1-8(12)15-7-5-6-11-9(13)14-10(2,3)4;1-8(2,3)12-7(11)9-5-4-6-10/h5-7H2,1-4H3,(H,11,13);10H,4-6H2,1-3H3,(H,9,11). The van der Waals surface area contributed by atoms with E-state index in [2.05, 4.69) is 10.6 Å². The Bertz CT molecular complexity index is 444. The molecule has 0 aromatic heterocycles. The highest BCUT2D eigenvalue weighted by atomic mass is 32.2. The van der Waals surface area contributed by atoms with Gasteiger partial charge in [-0.05, 0) is 54.4 Å². The van der Waals surface area contributed by atoms with Gasteiger partial charge in [-0.3, -0.25) is 4.79 Å². The number of carbonyl (C=O) groups excluding carboxylic acids is 3. The number of aliphatic hydroxyl groups excluding tert-OH is 1. The summed E-state index contributed by atoms with van der Waals surface area (Å²) >= 11 is 1.27. The quantitative estimate of drug-likeness (QED) is 0.555. The monoisotopic (exact) mass is 408 g/mol. The third-order valence-electron chi connectivity index (χ3n) is 2.30. The lowest BCUT2D eigenvalue weighted by atomic mass is 10.2. The number of hydrogen-bond acceptors (Lipinski definition) is 7. The number of thioether (sulfide) groups is 1. The second-order valence-corrected chi connectivity index (χ2v) is 8.90. The van der Waals surface area contributed by atoms with Crippen molar-refractivity contribution in [2.45, 2.75) is 72.5 Å². The molecule has 8 nitrogen and oxygen atoms in total. The Morgan fingerprint density at radius 1 is 0.852 bits per heavy atom.